The van der Waals surface area contributed by atoms with Crippen molar-refractivity contribution in [2.75, 3.05) is 18.1 Å². The summed E-state index contributed by atoms with van der Waals surface area (Å²) in [6.45, 7) is 11.2. The average Bonchev–Trinajstić information content (AvgIpc) is 3.07. The number of esters is 1. The highest BCUT2D eigenvalue weighted by Crippen LogP contribution is 2.42. The first-order valence-electron chi connectivity index (χ1n) is 15.6. The molecule has 0 radical (unpaired) electrons. The molecule has 0 spiro atoms. The van der Waals surface area contributed by atoms with Crippen LogP contribution in [0.1, 0.15) is 102 Å². The molecule has 2 aromatic heterocycles. The van der Waals surface area contributed by atoms with E-state index in [0.29, 0.717) is 23.8 Å². The number of thioether (sulfide) groups is 2. The molecule has 8 nitrogen and oxygen atoms in total. The van der Waals surface area contributed by atoms with Crippen LogP contribution in [0.3, 0.4) is 0 Å². The molecule has 0 unspecified atom stereocenters. The van der Waals surface area contributed by atoms with E-state index in [9.17, 15) is 9.59 Å². The quantitative estimate of drug-likeness (QED) is 0.177. The number of carbonyl (C=O) groups excluding carboxylic acids is 1. The van der Waals surface area contributed by atoms with Gasteiger partial charge in [-0.3, -0.25) is 0 Å². The molecule has 0 fully saturated rings. The van der Waals surface area contributed by atoms with E-state index < -0.39 is 11.9 Å². The van der Waals surface area contributed by atoms with Crippen LogP contribution in [-0.4, -0.2) is 55.1 Å². The van der Waals surface area contributed by atoms with Crippen molar-refractivity contribution >= 4 is 35.5 Å². The predicted octanol–water partition coefficient (Wildman–Crippen LogP) is 7.17. The van der Waals surface area contributed by atoms with E-state index >= 15 is 0 Å². The second kappa shape index (κ2) is 15.1. The van der Waals surface area contributed by atoms with E-state index in [1.54, 1.807) is 6.92 Å². The summed E-state index contributed by atoms with van der Waals surface area (Å²) in [6, 6.07) is 12.6. The number of aromatic carboxylic acids is 1. The molecule has 0 bridgehead atoms. The molecule has 0 aliphatic carbocycles. The van der Waals surface area contributed by atoms with Crippen LogP contribution in [0.5, 0.6) is 0 Å². The molecule has 0 saturated carbocycles. The number of ether oxygens (including phenoxy) is 1. The maximum Gasteiger partial charge on any atom is 0.341 e. The molecule has 0 saturated heterocycles. The first-order valence-corrected chi connectivity index (χ1v) is 17.6. The minimum atomic E-state index is -1.04. The van der Waals surface area contributed by atoms with Crippen molar-refractivity contribution in [1.82, 2.24) is 19.9 Å². The zero-order valence-corrected chi connectivity index (χ0v) is 29.2. The summed E-state index contributed by atoms with van der Waals surface area (Å²) in [7, 11) is 0. The number of benzene rings is 2. The van der Waals surface area contributed by atoms with Gasteiger partial charge < -0.3 is 9.84 Å². The van der Waals surface area contributed by atoms with Gasteiger partial charge in [-0.25, -0.2) is 29.5 Å². The Balaban J connectivity index is 0.000000188. The SMILES string of the molecule is CC1(C)CCSc2ccc(C#Cc3ncc(C(=O)O)cn3)cc21.CCOC(=O)c1cnc(C#Cc2ccc3c(c2)C(C)(C)CCS3)nc1. The minimum absolute atomic E-state index is 0.0584. The normalized spacial score (nSPS) is 15.0. The van der Waals surface area contributed by atoms with Crippen molar-refractivity contribution in [3.63, 3.8) is 0 Å². The van der Waals surface area contributed by atoms with Crippen molar-refractivity contribution in [2.24, 2.45) is 0 Å². The Morgan fingerprint density at radius 2 is 1.17 bits per heavy atom. The zero-order valence-electron chi connectivity index (χ0n) is 27.6. The Kier molecular flexibility index (Phi) is 10.9. The van der Waals surface area contributed by atoms with E-state index in [4.69, 9.17) is 9.84 Å². The summed E-state index contributed by atoms with van der Waals surface area (Å²) >= 11 is 3.80. The molecule has 2 aromatic carbocycles. The lowest BCUT2D eigenvalue weighted by atomic mass is 9.81. The second-order valence-electron chi connectivity index (χ2n) is 12.5. The van der Waals surface area contributed by atoms with Crippen LogP contribution in [-0.2, 0) is 15.6 Å². The first kappa shape index (κ1) is 34.7. The van der Waals surface area contributed by atoms with E-state index in [-0.39, 0.29) is 16.4 Å². The lowest BCUT2D eigenvalue weighted by Gasteiger charge is -2.32. The monoisotopic (exact) mass is 676 g/mol. The molecule has 4 heterocycles. The van der Waals surface area contributed by atoms with Crippen molar-refractivity contribution < 1.29 is 19.4 Å². The van der Waals surface area contributed by atoms with Crippen molar-refractivity contribution in [1.29, 1.82) is 0 Å². The zero-order chi connectivity index (χ0) is 34.3. The first-order chi connectivity index (χ1) is 22.9. The third-order valence-corrected chi connectivity index (χ3v) is 10.2. The Hall–Kier alpha value is -4.64. The average molecular weight is 677 g/mol. The van der Waals surface area contributed by atoms with Gasteiger partial charge in [-0.2, -0.15) is 0 Å². The third kappa shape index (κ3) is 8.63. The summed E-state index contributed by atoms with van der Waals surface area (Å²) in [5.41, 5.74) is 5.30. The molecule has 2 aliphatic rings. The summed E-state index contributed by atoms with van der Waals surface area (Å²) < 4.78 is 4.91. The fraction of sp³-hybridized carbons (Fsp3) is 0.316. The molecule has 1 N–H and O–H groups in total. The van der Waals surface area contributed by atoms with Crippen molar-refractivity contribution in [3.05, 3.63) is 106 Å². The highest BCUT2D eigenvalue weighted by molar-refractivity contribution is 7.99. The van der Waals surface area contributed by atoms with Gasteiger partial charge >= 0.3 is 11.9 Å². The molecule has 2 aliphatic heterocycles. The van der Waals surface area contributed by atoms with Gasteiger partial charge in [0.2, 0.25) is 11.6 Å². The van der Waals surface area contributed by atoms with Crippen molar-refractivity contribution in [3.8, 4) is 23.7 Å². The molecule has 48 heavy (non-hydrogen) atoms. The fourth-order valence-electron chi connectivity index (χ4n) is 5.10. The number of carboxylic acid groups (broad SMARTS) is 1. The Morgan fingerprint density at radius 1 is 0.729 bits per heavy atom. The number of carboxylic acids is 1. The van der Waals surface area contributed by atoms with Gasteiger partial charge in [-0.05, 0) is 101 Å². The van der Waals surface area contributed by atoms with E-state index in [1.165, 1.54) is 52.1 Å². The maximum absolute atomic E-state index is 11.6. The Bertz CT molecular complexity index is 1950. The Morgan fingerprint density at radius 3 is 1.58 bits per heavy atom. The molecule has 6 rings (SSSR count). The number of nitrogens with zero attached hydrogens (tertiary/aromatic N) is 4. The van der Waals surface area contributed by atoms with Gasteiger partial charge in [0, 0.05) is 45.7 Å². The van der Waals surface area contributed by atoms with Crippen LogP contribution in [0.15, 0.2) is 71.0 Å². The van der Waals surface area contributed by atoms with E-state index in [2.05, 4.69) is 95.6 Å². The topological polar surface area (TPSA) is 115 Å². The molecular formula is C38H36N4O4S2. The van der Waals surface area contributed by atoms with Crippen LogP contribution in [0.25, 0.3) is 0 Å². The molecule has 10 heteroatoms. The van der Waals surface area contributed by atoms with Crippen LogP contribution in [0.2, 0.25) is 0 Å². The summed E-state index contributed by atoms with van der Waals surface area (Å²) in [4.78, 5) is 41.2. The molecule has 0 atom stereocenters. The summed E-state index contributed by atoms with van der Waals surface area (Å²) in [5.74, 6) is 13.6. The van der Waals surface area contributed by atoms with Crippen LogP contribution < -0.4 is 0 Å². The standard InChI is InChI=1S/C20H20N2O2S.C18H16N2O2S/c1-4-24-19(23)15-12-21-18(22-13-15)8-6-14-5-7-17-16(11-14)20(2,3)9-10-25-17;1-18(2)7-8-23-15-5-3-12(9-14(15)18)4-6-16-19-10-13(11-20-16)17(21)22/h5,7,11-13H,4,9-10H2,1-3H3;3,5,9-11H,7-8H2,1-2H3,(H,21,22). The van der Waals surface area contributed by atoms with Crippen LogP contribution in [0, 0.1) is 23.7 Å². The van der Waals surface area contributed by atoms with Gasteiger partial charge in [0.05, 0.1) is 17.7 Å². The van der Waals surface area contributed by atoms with Crippen LogP contribution >= 0.6 is 23.5 Å². The Labute approximate surface area is 290 Å². The summed E-state index contributed by atoms with van der Waals surface area (Å²) in [5, 5.41) is 8.83. The molecule has 244 valence electrons. The number of hydrogen-bond acceptors (Lipinski definition) is 9. The lowest BCUT2D eigenvalue weighted by molar-refractivity contribution is 0.0524. The predicted molar refractivity (Wildman–Crippen MR) is 189 cm³/mol. The van der Waals surface area contributed by atoms with E-state index in [1.807, 2.05) is 35.7 Å². The fourth-order valence-corrected chi connectivity index (χ4v) is 8.07. The van der Waals surface area contributed by atoms with Gasteiger partial charge in [0.25, 0.3) is 0 Å². The molecule has 4 aromatic rings. The van der Waals surface area contributed by atoms with Gasteiger partial charge in [0.15, 0.2) is 0 Å². The van der Waals surface area contributed by atoms with Crippen LogP contribution in [0.4, 0.5) is 0 Å². The number of hydrogen-bond donors (Lipinski definition) is 1. The van der Waals surface area contributed by atoms with Gasteiger partial charge in [-0.15, -0.1) is 23.5 Å². The number of aromatic nitrogens is 4. The van der Waals surface area contributed by atoms with Crippen molar-refractivity contribution in [2.45, 2.75) is 68.1 Å². The number of carbonyl (C=O) groups is 2. The highest BCUT2D eigenvalue weighted by Gasteiger charge is 2.28. The molecular weight excluding hydrogens is 641 g/mol. The maximum atomic E-state index is 11.6. The smallest absolute Gasteiger partial charge is 0.341 e. The number of fused-ring (bicyclic) bond motifs is 2. The van der Waals surface area contributed by atoms with E-state index in [0.717, 1.165) is 29.1 Å². The number of rotatable bonds is 3. The lowest BCUT2D eigenvalue weighted by Crippen LogP contribution is -2.22. The third-order valence-electron chi connectivity index (χ3n) is 8.09. The largest absolute Gasteiger partial charge is 0.478 e. The minimum Gasteiger partial charge on any atom is -0.478 e. The second-order valence-corrected chi connectivity index (χ2v) is 14.8. The molecule has 0 amide bonds. The van der Waals surface area contributed by atoms with Gasteiger partial charge in [0.1, 0.15) is 0 Å². The summed E-state index contributed by atoms with van der Waals surface area (Å²) in [6.07, 6.45) is 7.75. The highest BCUT2D eigenvalue weighted by atomic mass is 32.2. The van der Waals surface area contributed by atoms with Gasteiger partial charge in [-0.1, -0.05) is 39.5 Å².